The summed E-state index contributed by atoms with van der Waals surface area (Å²) in [6.07, 6.45) is 0. The van der Waals surface area contributed by atoms with Crippen molar-refractivity contribution in [2.45, 2.75) is 11.8 Å². The highest BCUT2D eigenvalue weighted by Crippen LogP contribution is 2.31. The molecule has 10 heteroatoms. The van der Waals surface area contributed by atoms with E-state index in [2.05, 4.69) is 15.5 Å². The highest BCUT2D eigenvalue weighted by atomic mass is 32.2. The smallest absolute Gasteiger partial charge is 0.243 e. The summed E-state index contributed by atoms with van der Waals surface area (Å²) in [5.74, 6) is 1.83. The molecule has 0 spiro atoms. The molecule has 0 amide bonds. The summed E-state index contributed by atoms with van der Waals surface area (Å²) >= 11 is 0. The lowest BCUT2D eigenvalue weighted by Gasteiger charge is -2.26. The van der Waals surface area contributed by atoms with Crippen LogP contribution < -0.4 is 14.8 Å². The first kappa shape index (κ1) is 23.0. The first-order chi connectivity index (χ1) is 15.9. The van der Waals surface area contributed by atoms with Crippen molar-refractivity contribution in [2.75, 3.05) is 45.8 Å². The number of sulfonamides is 1. The maximum absolute atomic E-state index is 13.2. The second kappa shape index (κ2) is 9.74. The Bertz CT molecular complexity index is 1230. The fraction of sp³-hybridized carbons (Fsp3) is 0.304. The van der Waals surface area contributed by atoms with Crippen LogP contribution in [0, 0.1) is 6.92 Å². The first-order valence-electron chi connectivity index (χ1n) is 10.4. The molecule has 0 radical (unpaired) electrons. The summed E-state index contributed by atoms with van der Waals surface area (Å²) in [4.78, 5) is 0.270. The summed E-state index contributed by atoms with van der Waals surface area (Å²) in [7, 11) is -0.442. The highest BCUT2D eigenvalue weighted by molar-refractivity contribution is 7.89. The average molecular weight is 471 g/mol. The van der Waals surface area contributed by atoms with E-state index in [1.807, 2.05) is 6.07 Å². The van der Waals surface area contributed by atoms with Gasteiger partial charge in [-0.25, -0.2) is 8.42 Å². The molecule has 2 heterocycles. The molecule has 1 aliphatic rings. The lowest BCUT2D eigenvalue weighted by atomic mass is 10.1. The molecule has 33 heavy (non-hydrogen) atoms. The molecule has 0 saturated carbocycles. The van der Waals surface area contributed by atoms with Crippen molar-refractivity contribution in [1.29, 1.82) is 0 Å². The molecule has 4 rings (SSSR count). The Morgan fingerprint density at radius 1 is 0.970 bits per heavy atom. The number of nitrogens with zero attached hydrogens (tertiary/aromatic N) is 3. The fourth-order valence-corrected chi connectivity index (χ4v) is 5.22. The van der Waals surface area contributed by atoms with Crippen molar-refractivity contribution < 1.29 is 22.6 Å². The zero-order valence-corrected chi connectivity index (χ0v) is 19.6. The van der Waals surface area contributed by atoms with Gasteiger partial charge in [0.15, 0.2) is 5.82 Å². The number of benzene rings is 2. The molecule has 0 aliphatic carbocycles. The van der Waals surface area contributed by atoms with Crippen LogP contribution >= 0.6 is 0 Å². The normalized spacial score (nSPS) is 14.6. The molecule has 2 aromatic carbocycles. The van der Waals surface area contributed by atoms with E-state index in [0.717, 1.165) is 0 Å². The Morgan fingerprint density at radius 2 is 1.76 bits per heavy atom. The number of hydrogen-bond acceptors (Lipinski definition) is 8. The van der Waals surface area contributed by atoms with Gasteiger partial charge in [0.25, 0.3) is 0 Å². The molecule has 174 valence electrons. The quantitative estimate of drug-likeness (QED) is 0.561. The maximum atomic E-state index is 13.2. The topological polar surface area (TPSA) is 103 Å². The Balaban J connectivity index is 1.59. The summed E-state index contributed by atoms with van der Waals surface area (Å²) in [6, 6.07) is 14.3. The zero-order valence-electron chi connectivity index (χ0n) is 18.7. The average Bonchev–Trinajstić information content (AvgIpc) is 2.85. The minimum absolute atomic E-state index is 0.270. The SMILES string of the molecule is COc1ccc(OC)c(Nc2ccc(-c3ccc(C)c(S(=O)(=O)N4CCOCC4)c3)nn2)c1. The van der Waals surface area contributed by atoms with Crippen LogP contribution in [0.5, 0.6) is 11.5 Å². The molecule has 1 N–H and O–H groups in total. The standard InChI is InChI=1S/C23H26N4O5S/c1-16-4-5-17(14-22(16)33(28,29)27-10-12-32-13-11-27)19-7-9-23(26-25-19)24-20-15-18(30-2)6-8-21(20)31-3/h4-9,14-15H,10-13H2,1-3H3,(H,24,26). The van der Waals surface area contributed by atoms with E-state index in [1.165, 1.54) is 4.31 Å². The highest BCUT2D eigenvalue weighted by Gasteiger charge is 2.28. The maximum Gasteiger partial charge on any atom is 0.243 e. The van der Waals surface area contributed by atoms with Crippen LogP contribution in [0.4, 0.5) is 11.5 Å². The van der Waals surface area contributed by atoms with Crippen LogP contribution in [0.2, 0.25) is 0 Å². The second-order valence-electron chi connectivity index (χ2n) is 7.49. The molecule has 9 nitrogen and oxygen atoms in total. The number of morpholine rings is 1. The van der Waals surface area contributed by atoms with Gasteiger partial charge in [-0.3, -0.25) is 0 Å². The van der Waals surface area contributed by atoms with Crippen LogP contribution in [-0.2, 0) is 14.8 Å². The molecule has 1 aromatic heterocycles. The van der Waals surface area contributed by atoms with Crippen molar-refractivity contribution in [3.63, 3.8) is 0 Å². The zero-order chi connectivity index (χ0) is 23.4. The van der Waals surface area contributed by atoms with Crippen molar-refractivity contribution >= 4 is 21.5 Å². The van der Waals surface area contributed by atoms with Crippen LogP contribution in [0.15, 0.2) is 53.4 Å². The summed E-state index contributed by atoms with van der Waals surface area (Å²) in [6.45, 7) is 3.28. The predicted octanol–water partition coefficient (Wildman–Crippen LogP) is 3.23. The van der Waals surface area contributed by atoms with E-state index in [4.69, 9.17) is 14.2 Å². The third-order valence-corrected chi connectivity index (χ3v) is 7.45. The van der Waals surface area contributed by atoms with Crippen LogP contribution in [0.3, 0.4) is 0 Å². The Labute approximate surface area is 193 Å². The Kier molecular flexibility index (Phi) is 6.77. The van der Waals surface area contributed by atoms with Gasteiger partial charge in [-0.2, -0.15) is 4.31 Å². The minimum Gasteiger partial charge on any atom is -0.497 e. The van der Waals surface area contributed by atoms with Gasteiger partial charge in [0.1, 0.15) is 11.5 Å². The van der Waals surface area contributed by atoms with Gasteiger partial charge in [-0.1, -0.05) is 12.1 Å². The summed E-state index contributed by atoms with van der Waals surface area (Å²) < 4.78 is 43.7. The molecule has 1 saturated heterocycles. The molecule has 3 aromatic rings. The van der Waals surface area contributed by atoms with Crippen molar-refractivity contribution in [3.8, 4) is 22.8 Å². The molecule has 1 aliphatic heterocycles. The number of rotatable bonds is 7. The number of aryl methyl sites for hydroxylation is 1. The van der Waals surface area contributed by atoms with E-state index >= 15 is 0 Å². The van der Waals surface area contributed by atoms with E-state index < -0.39 is 10.0 Å². The number of ether oxygens (including phenoxy) is 3. The Morgan fingerprint density at radius 3 is 2.42 bits per heavy atom. The van der Waals surface area contributed by atoms with E-state index in [-0.39, 0.29) is 4.90 Å². The number of hydrogen-bond donors (Lipinski definition) is 1. The van der Waals surface area contributed by atoms with Gasteiger partial charge < -0.3 is 19.5 Å². The Hall–Kier alpha value is -3.21. The van der Waals surface area contributed by atoms with E-state index in [9.17, 15) is 8.42 Å². The summed E-state index contributed by atoms with van der Waals surface area (Å²) in [5, 5.41) is 11.7. The lowest BCUT2D eigenvalue weighted by Crippen LogP contribution is -2.40. The van der Waals surface area contributed by atoms with Gasteiger partial charge in [-0.15, -0.1) is 10.2 Å². The number of aromatic nitrogens is 2. The van der Waals surface area contributed by atoms with Crippen molar-refractivity contribution in [2.24, 2.45) is 0 Å². The van der Waals surface area contributed by atoms with E-state index in [1.54, 1.807) is 63.6 Å². The van der Waals surface area contributed by atoms with Gasteiger partial charge in [0.05, 0.1) is 43.7 Å². The molecule has 0 bridgehead atoms. The van der Waals surface area contributed by atoms with Gasteiger partial charge in [0.2, 0.25) is 10.0 Å². The van der Waals surface area contributed by atoms with Crippen molar-refractivity contribution in [3.05, 3.63) is 54.1 Å². The predicted molar refractivity (Wildman–Crippen MR) is 125 cm³/mol. The largest absolute Gasteiger partial charge is 0.497 e. The number of nitrogens with one attached hydrogen (secondary N) is 1. The monoisotopic (exact) mass is 470 g/mol. The molecule has 0 unspecified atom stereocenters. The van der Waals surface area contributed by atoms with E-state index in [0.29, 0.717) is 66.1 Å². The third kappa shape index (κ3) is 4.92. The molecule has 1 fully saturated rings. The van der Waals surface area contributed by atoms with Gasteiger partial charge >= 0.3 is 0 Å². The number of methoxy groups -OCH3 is 2. The summed E-state index contributed by atoms with van der Waals surface area (Å²) in [5.41, 5.74) is 2.61. The molecule has 0 atom stereocenters. The fourth-order valence-electron chi connectivity index (χ4n) is 3.57. The first-order valence-corrected chi connectivity index (χ1v) is 11.9. The lowest BCUT2D eigenvalue weighted by molar-refractivity contribution is 0.0730. The van der Waals surface area contributed by atoms with Crippen LogP contribution in [-0.4, -0.2) is 63.4 Å². The van der Waals surface area contributed by atoms with Crippen LogP contribution in [0.25, 0.3) is 11.3 Å². The van der Waals surface area contributed by atoms with Gasteiger partial charge in [0, 0.05) is 24.7 Å². The van der Waals surface area contributed by atoms with Crippen molar-refractivity contribution in [1.82, 2.24) is 14.5 Å². The van der Waals surface area contributed by atoms with Gasteiger partial charge in [-0.05, 0) is 42.8 Å². The number of anilines is 2. The second-order valence-corrected chi connectivity index (χ2v) is 9.40. The molecular weight excluding hydrogens is 444 g/mol. The minimum atomic E-state index is -3.62. The molecular formula is C23H26N4O5S. The van der Waals surface area contributed by atoms with Crippen LogP contribution in [0.1, 0.15) is 5.56 Å². The third-order valence-electron chi connectivity index (χ3n) is 5.41.